The number of benzene rings is 1. The van der Waals surface area contributed by atoms with E-state index in [4.69, 9.17) is 0 Å². The molecule has 0 spiro atoms. The Balaban J connectivity index is 1.62. The van der Waals surface area contributed by atoms with Crippen molar-refractivity contribution < 1.29 is 9.59 Å². The highest BCUT2D eigenvalue weighted by molar-refractivity contribution is 6.00. The van der Waals surface area contributed by atoms with Crippen LogP contribution in [-0.2, 0) is 29.1 Å². The molecule has 2 amide bonds. The standard InChI is InChI=1S/C18H23N5O2/c1-3-13-6-5-7-15(8-13)23-11-14(9-17(23)24)18(25)19-10-16-21-20-12-22(16)4-2/h5-8,12,14H,3-4,9-11H2,1-2H3,(H,19,25)/t14-/m1/s1. The molecule has 1 saturated heterocycles. The predicted molar refractivity (Wildman–Crippen MR) is 93.8 cm³/mol. The third kappa shape index (κ3) is 3.70. The highest BCUT2D eigenvalue weighted by Crippen LogP contribution is 2.26. The molecule has 1 aromatic heterocycles. The summed E-state index contributed by atoms with van der Waals surface area (Å²) in [5.74, 6) is 0.252. The third-order valence-electron chi connectivity index (χ3n) is 4.58. The van der Waals surface area contributed by atoms with Gasteiger partial charge in [-0.1, -0.05) is 19.1 Å². The van der Waals surface area contributed by atoms with Crippen LogP contribution in [0.15, 0.2) is 30.6 Å². The number of nitrogens with zero attached hydrogens (tertiary/aromatic N) is 4. The lowest BCUT2D eigenvalue weighted by molar-refractivity contribution is -0.126. The summed E-state index contributed by atoms with van der Waals surface area (Å²) in [6.45, 7) is 5.56. The van der Waals surface area contributed by atoms with Crippen LogP contribution in [0.4, 0.5) is 5.69 Å². The number of rotatable bonds is 6. The van der Waals surface area contributed by atoms with Crippen molar-refractivity contribution in [3.8, 4) is 0 Å². The second-order valence-electron chi connectivity index (χ2n) is 6.18. The molecule has 7 nitrogen and oxygen atoms in total. The van der Waals surface area contributed by atoms with Crippen LogP contribution in [0.3, 0.4) is 0 Å². The molecule has 1 fully saturated rings. The zero-order valence-electron chi connectivity index (χ0n) is 14.6. The van der Waals surface area contributed by atoms with Gasteiger partial charge in [0.05, 0.1) is 12.5 Å². The Hall–Kier alpha value is -2.70. The van der Waals surface area contributed by atoms with Crippen LogP contribution in [0.1, 0.15) is 31.7 Å². The van der Waals surface area contributed by atoms with Crippen LogP contribution < -0.4 is 10.2 Å². The summed E-state index contributed by atoms with van der Waals surface area (Å²) in [6.07, 6.45) is 2.80. The molecule has 0 bridgehead atoms. The molecule has 3 rings (SSSR count). The Morgan fingerprint density at radius 1 is 1.36 bits per heavy atom. The van der Waals surface area contributed by atoms with Gasteiger partial charge in [-0.2, -0.15) is 0 Å². The first-order valence-corrected chi connectivity index (χ1v) is 8.66. The average Bonchev–Trinajstić information content (AvgIpc) is 3.25. The van der Waals surface area contributed by atoms with Crippen LogP contribution in [-0.4, -0.2) is 33.1 Å². The average molecular weight is 341 g/mol. The Kier molecular flexibility index (Phi) is 5.11. The van der Waals surface area contributed by atoms with E-state index in [2.05, 4.69) is 22.4 Å². The predicted octanol–water partition coefficient (Wildman–Crippen LogP) is 1.53. The van der Waals surface area contributed by atoms with Crippen molar-refractivity contribution >= 4 is 17.5 Å². The number of aryl methyl sites for hydroxylation is 2. The molecule has 25 heavy (non-hydrogen) atoms. The maximum Gasteiger partial charge on any atom is 0.227 e. The molecule has 2 heterocycles. The van der Waals surface area contributed by atoms with E-state index >= 15 is 0 Å². The first-order chi connectivity index (χ1) is 12.1. The van der Waals surface area contributed by atoms with E-state index in [9.17, 15) is 9.59 Å². The molecule has 132 valence electrons. The fourth-order valence-electron chi connectivity index (χ4n) is 3.07. The lowest BCUT2D eigenvalue weighted by Crippen LogP contribution is -2.33. The number of carbonyl (C=O) groups excluding carboxylic acids is 2. The molecule has 0 aliphatic carbocycles. The molecule has 1 aliphatic rings. The van der Waals surface area contributed by atoms with Gasteiger partial charge in [0.2, 0.25) is 11.8 Å². The lowest BCUT2D eigenvalue weighted by atomic mass is 10.1. The largest absolute Gasteiger partial charge is 0.348 e. The second-order valence-corrected chi connectivity index (χ2v) is 6.18. The van der Waals surface area contributed by atoms with Crippen LogP contribution in [0.5, 0.6) is 0 Å². The van der Waals surface area contributed by atoms with E-state index in [1.165, 1.54) is 5.56 Å². The maximum atomic E-state index is 12.4. The van der Waals surface area contributed by atoms with Gasteiger partial charge in [-0.05, 0) is 31.0 Å². The molecule has 0 unspecified atom stereocenters. The fraction of sp³-hybridized carbons (Fsp3) is 0.444. The quantitative estimate of drug-likeness (QED) is 0.864. The normalized spacial score (nSPS) is 17.1. The maximum absolute atomic E-state index is 12.4. The number of nitrogens with one attached hydrogen (secondary N) is 1. The van der Waals surface area contributed by atoms with Crippen molar-refractivity contribution in [1.82, 2.24) is 20.1 Å². The van der Waals surface area contributed by atoms with E-state index in [1.807, 2.05) is 35.8 Å². The fourth-order valence-corrected chi connectivity index (χ4v) is 3.07. The number of hydrogen-bond acceptors (Lipinski definition) is 4. The molecule has 0 saturated carbocycles. The van der Waals surface area contributed by atoms with Gasteiger partial charge in [-0.25, -0.2) is 0 Å². The van der Waals surface area contributed by atoms with E-state index in [1.54, 1.807) is 11.2 Å². The van der Waals surface area contributed by atoms with Crippen molar-refractivity contribution in [2.24, 2.45) is 5.92 Å². The summed E-state index contributed by atoms with van der Waals surface area (Å²) in [7, 11) is 0. The summed E-state index contributed by atoms with van der Waals surface area (Å²) in [4.78, 5) is 26.5. The first-order valence-electron chi connectivity index (χ1n) is 8.66. The van der Waals surface area contributed by atoms with Gasteiger partial charge in [-0.3, -0.25) is 9.59 Å². The molecule has 7 heteroatoms. The monoisotopic (exact) mass is 341 g/mol. The molecule has 1 atom stereocenters. The minimum Gasteiger partial charge on any atom is -0.348 e. The van der Waals surface area contributed by atoms with Crippen LogP contribution in [0.25, 0.3) is 0 Å². The van der Waals surface area contributed by atoms with Crippen LogP contribution >= 0.6 is 0 Å². The third-order valence-corrected chi connectivity index (χ3v) is 4.58. The smallest absolute Gasteiger partial charge is 0.227 e. The van der Waals surface area contributed by atoms with E-state index in [0.717, 1.165) is 18.7 Å². The zero-order valence-corrected chi connectivity index (χ0v) is 14.6. The molecule has 0 radical (unpaired) electrons. The van der Waals surface area contributed by atoms with Crippen molar-refractivity contribution in [3.63, 3.8) is 0 Å². The van der Waals surface area contributed by atoms with Gasteiger partial charge >= 0.3 is 0 Å². The number of amides is 2. The molecule has 2 aromatic rings. The molecule has 1 N–H and O–H groups in total. The van der Waals surface area contributed by atoms with Crippen molar-refractivity contribution in [2.75, 3.05) is 11.4 Å². The Labute approximate surface area is 147 Å². The van der Waals surface area contributed by atoms with E-state index < -0.39 is 0 Å². The first kappa shape index (κ1) is 17.1. The van der Waals surface area contributed by atoms with Gasteiger partial charge in [0.1, 0.15) is 6.33 Å². The topological polar surface area (TPSA) is 80.1 Å². The van der Waals surface area contributed by atoms with Crippen molar-refractivity contribution in [3.05, 3.63) is 42.0 Å². The van der Waals surface area contributed by atoms with Crippen molar-refractivity contribution in [1.29, 1.82) is 0 Å². The SMILES string of the molecule is CCc1cccc(N2C[C@H](C(=O)NCc3nncn3CC)CC2=O)c1. The summed E-state index contributed by atoms with van der Waals surface area (Å²) in [5.41, 5.74) is 2.04. The Bertz CT molecular complexity index is 770. The van der Waals surface area contributed by atoms with Gasteiger partial charge in [-0.15, -0.1) is 10.2 Å². The number of carbonyl (C=O) groups is 2. The summed E-state index contributed by atoms with van der Waals surface area (Å²) >= 11 is 0. The van der Waals surface area contributed by atoms with Crippen LogP contribution in [0.2, 0.25) is 0 Å². The number of hydrogen-bond donors (Lipinski definition) is 1. The number of aromatic nitrogens is 3. The van der Waals surface area contributed by atoms with E-state index in [0.29, 0.717) is 18.9 Å². The summed E-state index contributed by atoms with van der Waals surface area (Å²) < 4.78 is 1.88. The summed E-state index contributed by atoms with van der Waals surface area (Å²) in [5, 5.41) is 10.7. The van der Waals surface area contributed by atoms with Crippen molar-refractivity contribution in [2.45, 2.75) is 39.8 Å². The summed E-state index contributed by atoms with van der Waals surface area (Å²) in [6, 6.07) is 7.92. The van der Waals surface area contributed by atoms with Gasteiger partial charge in [0.15, 0.2) is 5.82 Å². The Morgan fingerprint density at radius 3 is 2.96 bits per heavy atom. The van der Waals surface area contributed by atoms with E-state index in [-0.39, 0.29) is 24.2 Å². The highest BCUT2D eigenvalue weighted by atomic mass is 16.2. The molecular formula is C18H23N5O2. The second kappa shape index (κ2) is 7.46. The van der Waals surface area contributed by atoms with Crippen LogP contribution in [0, 0.1) is 5.92 Å². The lowest BCUT2D eigenvalue weighted by Gasteiger charge is -2.17. The zero-order chi connectivity index (χ0) is 17.8. The molecule has 1 aliphatic heterocycles. The van der Waals surface area contributed by atoms with Gasteiger partial charge in [0.25, 0.3) is 0 Å². The molecule has 1 aromatic carbocycles. The highest BCUT2D eigenvalue weighted by Gasteiger charge is 2.35. The minimum absolute atomic E-state index is 0.00914. The minimum atomic E-state index is -0.337. The Morgan fingerprint density at radius 2 is 2.20 bits per heavy atom. The van der Waals surface area contributed by atoms with Gasteiger partial charge in [0, 0.05) is 25.2 Å². The van der Waals surface area contributed by atoms with Gasteiger partial charge < -0.3 is 14.8 Å². The number of anilines is 1. The molecular weight excluding hydrogens is 318 g/mol.